The van der Waals surface area contributed by atoms with E-state index < -0.39 is 10.8 Å². The number of nitrogens with zero attached hydrogens (tertiary/aromatic N) is 1. The lowest BCUT2D eigenvalue weighted by Crippen LogP contribution is -2.36. The van der Waals surface area contributed by atoms with Crippen LogP contribution in [0.1, 0.15) is 20.1 Å². The SMILES string of the molecule is COc1ccc(CNC(=O)CNC(=O)c2cc([N+](=O)[O-])c(C)s2)cc1. The van der Waals surface area contributed by atoms with Gasteiger partial charge in [0.1, 0.15) is 5.75 Å². The minimum absolute atomic E-state index is 0.0980. The molecule has 0 saturated carbocycles. The summed E-state index contributed by atoms with van der Waals surface area (Å²) < 4.78 is 5.05. The lowest BCUT2D eigenvalue weighted by atomic mass is 10.2. The molecule has 25 heavy (non-hydrogen) atoms. The van der Waals surface area contributed by atoms with Gasteiger partial charge in [0.15, 0.2) is 0 Å². The molecule has 0 spiro atoms. The summed E-state index contributed by atoms with van der Waals surface area (Å²) in [7, 11) is 1.57. The molecule has 0 atom stereocenters. The summed E-state index contributed by atoms with van der Waals surface area (Å²) >= 11 is 1.02. The minimum atomic E-state index is -0.538. The lowest BCUT2D eigenvalue weighted by Gasteiger charge is -2.07. The largest absolute Gasteiger partial charge is 0.497 e. The van der Waals surface area contributed by atoms with E-state index >= 15 is 0 Å². The fourth-order valence-corrected chi connectivity index (χ4v) is 2.92. The van der Waals surface area contributed by atoms with Gasteiger partial charge in [-0.25, -0.2) is 0 Å². The first-order valence-electron chi connectivity index (χ1n) is 7.33. The lowest BCUT2D eigenvalue weighted by molar-refractivity contribution is -0.385. The normalized spacial score (nSPS) is 10.2. The molecule has 0 aliphatic carbocycles. The monoisotopic (exact) mass is 363 g/mol. The number of hydrogen-bond acceptors (Lipinski definition) is 6. The number of carbonyl (C=O) groups excluding carboxylic acids is 2. The number of nitro groups is 1. The van der Waals surface area contributed by atoms with Gasteiger partial charge < -0.3 is 15.4 Å². The molecule has 2 rings (SSSR count). The third-order valence-corrected chi connectivity index (χ3v) is 4.41. The molecule has 2 amide bonds. The molecule has 0 radical (unpaired) electrons. The van der Waals surface area contributed by atoms with E-state index in [1.165, 1.54) is 6.07 Å². The van der Waals surface area contributed by atoms with Crippen LogP contribution in [-0.4, -0.2) is 30.4 Å². The Kier molecular flexibility index (Phi) is 6.07. The number of benzene rings is 1. The Hall–Kier alpha value is -2.94. The van der Waals surface area contributed by atoms with Gasteiger partial charge in [-0.3, -0.25) is 19.7 Å². The van der Waals surface area contributed by atoms with Crippen molar-refractivity contribution in [1.29, 1.82) is 0 Å². The highest BCUT2D eigenvalue weighted by molar-refractivity contribution is 7.14. The fourth-order valence-electron chi connectivity index (χ4n) is 2.02. The molecule has 0 aliphatic rings. The standard InChI is InChI=1S/C16H17N3O5S/c1-10-13(19(22)23)7-14(25-10)16(21)18-9-15(20)17-8-11-3-5-12(24-2)6-4-11/h3-7H,8-9H2,1-2H3,(H,17,20)(H,18,21). The van der Waals surface area contributed by atoms with Crippen molar-refractivity contribution >= 4 is 28.8 Å². The van der Waals surface area contributed by atoms with Crippen molar-refractivity contribution in [1.82, 2.24) is 10.6 Å². The van der Waals surface area contributed by atoms with Gasteiger partial charge in [0.2, 0.25) is 5.91 Å². The van der Waals surface area contributed by atoms with Gasteiger partial charge in [-0.2, -0.15) is 0 Å². The predicted octanol–water partition coefficient (Wildman–Crippen LogP) is 2.02. The number of amides is 2. The molecule has 1 aromatic heterocycles. The second-order valence-corrected chi connectivity index (χ2v) is 6.37. The zero-order chi connectivity index (χ0) is 18.4. The summed E-state index contributed by atoms with van der Waals surface area (Å²) in [6.45, 7) is 1.68. The van der Waals surface area contributed by atoms with Crippen LogP contribution in [0, 0.1) is 17.0 Å². The molecule has 1 aromatic carbocycles. The van der Waals surface area contributed by atoms with Crippen molar-refractivity contribution in [3.8, 4) is 5.75 Å². The fraction of sp³-hybridized carbons (Fsp3) is 0.250. The summed E-state index contributed by atoms with van der Waals surface area (Å²) in [5, 5.41) is 15.9. The van der Waals surface area contributed by atoms with Crippen LogP contribution in [0.4, 0.5) is 5.69 Å². The number of ether oxygens (including phenoxy) is 1. The molecule has 0 fully saturated rings. The van der Waals surface area contributed by atoms with Crippen LogP contribution in [0.15, 0.2) is 30.3 Å². The maximum absolute atomic E-state index is 12.0. The van der Waals surface area contributed by atoms with Gasteiger partial charge in [0.25, 0.3) is 11.6 Å². The van der Waals surface area contributed by atoms with E-state index in [1.807, 2.05) is 12.1 Å². The van der Waals surface area contributed by atoms with Gasteiger partial charge in [-0.1, -0.05) is 12.1 Å². The van der Waals surface area contributed by atoms with Crippen molar-refractivity contribution in [2.75, 3.05) is 13.7 Å². The molecule has 0 unspecified atom stereocenters. The minimum Gasteiger partial charge on any atom is -0.497 e. The van der Waals surface area contributed by atoms with E-state index in [4.69, 9.17) is 4.74 Å². The number of carbonyl (C=O) groups is 2. The number of methoxy groups -OCH3 is 1. The Labute approximate surface area is 148 Å². The average molecular weight is 363 g/mol. The Morgan fingerprint density at radius 2 is 1.92 bits per heavy atom. The van der Waals surface area contributed by atoms with Crippen molar-refractivity contribution < 1.29 is 19.2 Å². The van der Waals surface area contributed by atoms with Crippen LogP contribution >= 0.6 is 11.3 Å². The summed E-state index contributed by atoms with van der Waals surface area (Å²) in [6.07, 6.45) is 0. The molecule has 0 bridgehead atoms. The van der Waals surface area contributed by atoms with Crippen molar-refractivity contribution in [3.63, 3.8) is 0 Å². The molecule has 2 aromatic rings. The summed E-state index contributed by atoms with van der Waals surface area (Å²) in [5.74, 6) is -0.143. The average Bonchev–Trinajstić information content (AvgIpc) is 3.00. The van der Waals surface area contributed by atoms with Crippen LogP contribution < -0.4 is 15.4 Å². The van der Waals surface area contributed by atoms with Gasteiger partial charge in [-0.05, 0) is 24.6 Å². The van der Waals surface area contributed by atoms with Crippen LogP contribution in [0.2, 0.25) is 0 Å². The van der Waals surface area contributed by atoms with Crippen molar-refractivity contribution in [2.24, 2.45) is 0 Å². The van der Waals surface area contributed by atoms with E-state index in [1.54, 1.807) is 26.2 Å². The second kappa shape index (κ2) is 8.25. The molecule has 8 nitrogen and oxygen atoms in total. The van der Waals surface area contributed by atoms with Gasteiger partial charge in [0, 0.05) is 12.6 Å². The highest BCUT2D eigenvalue weighted by Crippen LogP contribution is 2.27. The number of thiophene rings is 1. The summed E-state index contributed by atoms with van der Waals surface area (Å²) in [5.41, 5.74) is 0.795. The Balaban J connectivity index is 1.81. The van der Waals surface area contributed by atoms with E-state index in [-0.39, 0.29) is 23.0 Å². The van der Waals surface area contributed by atoms with Crippen LogP contribution in [0.5, 0.6) is 5.75 Å². The second-order valence-electron chi connectivity index (χ2n) is 5.12. The van der Waals surface area contributed by atoms with Gasteiger partial charge in [-0.15, -0.1) is 11.3 Å². The van der Waals surface area contributed by atoms with Crippen LogP contribution in [0.3, 0.4) is 0 Å². The van der Waals surface area contributed by atoms with E-state index in [2.05, 4.69) is 10.6 Å². The number of rotatable bonds is 7. The first kappa shape index (κ1) is 18.4. The Bertz CT molecular complexity index is 786. The third-order valence-electron chi connectivity index (χ3n) is 3.37. The number of aryl methyl sites for hydroxylation is 1. The van der Waals surface area contributed by atoms with E-state index in [9.17, 15) is 19.7 Å². The highest BCUT2D eigenvalue weighted by atomic mass is 32.1. The smallest absolute Gasteiger partial charge is 0.283 e. The first-order chi connectivity index (χ1) is 11.9. The Morgan fingerprint density at radius 3 is 2.48 bits per heavy atom. The summed E-state index contributed by atoms with van der Waals surface area (Å²) in [4.78, 5) is 34.7. The topological polar surface area (TPSA) is 111 Å². The third kappa shape index (κ3) is 5.01. The van der Waals surface area contributed by atoms with Gasteiger partial charge >= 0.3 is 0 Å². The zero-order valence-electron chi connectivity index (χ0n) is 13.7. The quantitative estimate of drug-likeness (QED) is 0.577. The van der Waals surface area contributed by atoms with Crippen LogP contribution in [0.25, 0.3) is 0 Å². The maximum Gasteiger partial charge on any atom is 0.283 e. The van der Waals surface area contributed by atoms with Gasteiger partial charge in [0.05, 0.1) is 28.3 Å². The molecule has 2 N–H and O–H groups in total. The maximum atomic E-state index is 12.0. The Morgan fingerprint density at radius 1 is 1.24 bits per heavy atom. The zero-order valence-corrected chi connectivity index (χ0v) is 14.5. The van der Waals surface area contributed by atoms with E-state index in [0.29, 0.717) is 11.4 Å². The number of nitrogens with one attached hydrogen (secondary N) is 2. The molecule has 0 aliphatic heterocycles. The molecule has 132 valence electrons. The molecular formula is C16H17N3O5S. The molecule has 1 heterocycles. The summed E-state index contributed by atoms with van der Waals surface area (Å²) in [6, 6.07) is 8.44. The van der Waals surface area contributed by atoms with Crippen molar-refractivity contribution in [2.45, 2.75) is 13.5 Å². The van der Waals surface area contributed by atoms with E-state index in [0.717, 1.165) is 22.6 Å². The predicted molar refractivity (Wildman–Crippen MR) is 92.9 cm³/mol. The number of hydrogen-bond donors (Lipinski definition) is 2. The highest BCUT2D eigenvalue weighted by Gasteiger charge is 2.19. The molecular weight excluding hydrogens is 346 g/mol. The molecule has 9 heteroatoms. The molecule has 0 saturated heterocycles. The first-order valence-corrected chi connectivity index (χ1v) is 8.15. The van der Waals surface area contributed by atoms with Crippen molar-refractivity contribution in [3.05, 3.63) is 55.8 Å². The van der Waals surface area contributed by atoms with Crippen LogP contribution in [-0.2, 0) is 11.3 Å².